The fourth-order valence-corrected chi connectivity index (χ4v) is 2.09. The van der Waals surface area contributed by atoms with Crippen LogP contribution >= 0.6 is 11.8 Å². The zero-order chi connectivity index (χ0) is 14.4. The van der Waals surface area contributed by atoms with Crippen molar-refractivity contribution in [3.05, 3.63) is 29.3 Å². The fraction of sp³-hybridized carbons (Fsp3) is 0.385. The lowest BCUT2D eigenvalue weighted by molar-refractivity contribution is -0.117. The van der Waals surface area contributed by atoms with Crippen LogP contribution in [-0.4, -0.2) is 35.0 Å². The number of carboxylic acid groups (broad SMARTS) is 1. The fourth-order valence-electron chi connectivity index (χ4n) is 1.60. The second-order valence-electron chi connectivity index (χ2n) is 4.16. The van der Waals surface area contributed by atoms with Crippen molar-refractivity contribution in [2.45, 2.75) is 19.4 Å². The van der Waals surface area contributed by atoms with Crippen molar-refractivity contribution in [2.24, 2.45) is 5.73 Å². The highest BCUT2D eigenvalue weighted by Crippen LogP contribution is 2.19. The van der Waals surface area contributed by atoms with E-state index in [0.717, 1.165) is 5.75 Å². The smallest absolute Gasteiger partial charge is 0.336 e. The molecule has 0 fully saturated rings. The van der Waals surface area contributed by atoms with Crippen molar-refractivity contribution < 1.29 is 14.7 Å². The first-order valence-electron chi connectivity index (χ1n) is 5.85. The van der Waals surface area contributed by atoms with Crippen LogP contribution in [0.3, 0.4) is 0 Å². The molecule has 1 amide bonds. The maximum atomic E-state index is 11.9. The van der Waals surface area contributed by atoms with Gasteiger partial charge < -0.3 is 16.2 Å². The molecule has 0 aliphatic heterocycles. The highest BCUT2D eigenvalue weighted by atomic mass is 32.2. The molecule has 104 valence electrons. The minimum absolute atomic E-state index is 0.176. The van der Waals surface area contributed by atoms with Crippen molar-refractivity contribution >= 4 is 29.3 Å². The van der Waals surface area contributed by atoms with E-state index in [1.165, 1.54) is 6.07 Å². The molecule has 0 radical (unpaired) electrons. The Balaban J connectivity index is 2.80. The molecule has 0 aliphatic carbocycles. The van der Waals surface area contributed by atoms with Crippen LogP contribution in [0.25, 0.3) is 0 Å². The molecule has 0 bridgehead atoms. The zero-order valence-electron chi connectivity index (χ0n) is 11.0. The Kier molecular flexibility index (Phi) is 5.85. The summed E-state index contributed by atoms with van der Waals surface area (Å²) in [6.07, 6.45) is 2.54. The predicted molar refractivity (Wildman–Crippen MR) is 77.7 cm³/mol. The minimum Gasteiger partial charge on any atom is -0.478 e. The lowest BCUT2D eigenvalue weighted by Crippen LogP contribution is -2.36. The number of nitrogens with one attached hydrogen (secondary N) is 1. The maximum Gasteiger partial charge on any atom is 0.336 e. The highest BCUT2D eigenvalue weighted by Gasteiger charge is 2.16. The van der Waals surface area contributed by atoms with Crippen LogP contribution in [0.2, 0.25) is 0 Å². The van der Waals surface area contributed by atoms with Gasteiger partial charge in [-0.3, -0.25) is 4.79 Å². The molecule has 1 aromatic rings. The van der Waals surface area contributed by atoms with Crippen LogP contribution in [0.4, 0.5) is 5.69 Å². The second kappa shape index (κ2) is 7.16. The number of anilines is 1. The molecule has 0 aliphatic rings. The Morgan fingerprint density at radius 2 is 2.16 bits per heavy atom. The number of amides is 1. The SMILES string of the molecule is CSCC[C@H](N)C(=O)Nc1cccc(C(=O)O)c1C. The normalized spacial score (nSPS) is 11.9. The number of carboxylic acids is 1. The van der Waals surface area contributed by atoms with Crippen LogP contribution in [0.1, 0.15) is 22.3 Å². The van der Waals surface area contributed by atoms with Crippen LogP contribution in [0.5, 0.6) is 0 Å². The molecule has 0 spiro atoms. The molecule has 5 nitrogen and oxygen atoms in total. The average Bonchev–Trinajstić information content (AvgIpc) is 2.37. The van der Waals surface area contributed by atoms with Gasteiger partial charge in [0.1, 0.15) is 0 Å². The zero-order valence-corrected chi connectivity index (χ0v) is 11.8. The van der Waals surface area contributed by atoms with E-state index in [9.17, 15) is 9.59 Å². The first-order chi connectivity index (χ1) is 8.97. The highest BCUT2D eigenvalue weighted by molar-refractivity contribution is 7.98. The molecule has 0 saturated carbocycles. The third kappa shape index (κ3) is 4.25. The molecule has 1 atom stereocenters. The largest absolute Gasteiger partial charge is 0.478 e. The van der Waals surface area contributed by atoms with E-state index in [-0.39, 0.29) is 11.5 Å². The summed E-state index contributed by atoms with van der Waals surface area (Å²) < 4.78 is 0. The second-order valence-corrected chi connectivity index (χ2v) is 5.15. The van der Waals surface area contributed by atoms with E-state index in [4.69, 9.17) is 10.8 Å². The summed E-state index contributed by atoms with van der Waals surface area (Å²) in [5.41, 5.74) is 6.95. The Morgan fingerprint density at radius 3 is 2.74 bits per heavy atom. The van der Waals surface area contributed by atoms with Gasteiger partial charge in [0.25, 0.3) is 0 Å². The number of carbonyl (C=O) groups is 2. The van der Waals surface area contributed by atoms with Crippen molar-refractivity contribution in [3.8, 4) is 0 Å². The summed E-state index contributed by atoms with van der Waals surface area (Å²) in [6, 6.07) is 4.18. The van der Waals surface area contributed by atoms with E-state index in [1.807, 2.05) is 6.26 Å². The maximum absolute atomic E-state index is 11.9. The molecule has 6 heteroatoms. The monoisotopic (exact) mass is 282 g/mol. The number of nitrogens with two attached hydrogens (primary N) is 1. The van der Waals surface area contributed by atoms with E-state index < -0.39 is 12.0 Å². The van der Waals surface area contributed by atoms with Gasteiger partial charge in [-0.15, -0.1) is 0 Å². The van der Waals surface area contributed by atoms with Crippen molar-refractivity contribution in [1.29, 1.82) is 0 Å². The quantitative estimate of drug-likeness (QED) is 0.738. The molecule has 19 heavy (non-hydrogen) atoms. The van der Waals surface area contributed by atoms with Crippen molar-refractivity contribution in [1.82, 2.24) is 0 Å². The molecule has 1 aromatic carbocycles. The van der Waals surface area contributed by atoms with Gasteiger partial charge in [0.05, 0.1) is 11.6 Å². The number of carbonyl (C=O) groups excluding carboxylic acids is 1. The van der Waals surface area contributed by atoms with Crippen LogP contribution in [-0.2, 0) is 4.79 Å². The Hall–Kier alpha value is -1.53. The van der Waals surface area contributed by atoms with Gasteiger partial charge in [0.2, 0.25) is 5.91 Å². The van der Waals surface area contributed by atoms with Crippen molar-refractivity contribution in [3.63, 3.8) is 0 Å². The molecule has 1 rings (SSSR count). The molecular weight excluding hydrogens is 264 g/mol. The lowest BCUT2D eigenvalue weighted by Gasteiger charge is -2.14. The number of rotatable bonds is 6. The predicted octanol–water partition coefficient (Wildman–Crippen LogP) is 1.71. The van der Waals surface area contributed by atoms with Gasteiger partial charge in [0, 0.05) is 5.69 Å². The van der Waals surface area contributed by atoms with Gasteiger partial charge in [0.15, 0.2) is 0 Å². The van der Waals surface area contributed by atoms with Gasteiger partial charge >= 0.3 is 5.97 Å². The van der Waals surface area contributed by atoms with Gasteiger partial charge in [-0.25, -0.2) is 4.79 Å². The molecule has 4 N–H and O–H groups in total. The molecule has 0 saturated heterocycles. The summed E-state index contributed by atoms with van der Waals surface area (Å²) >= 11 is 1.63. The third-order valence-corrected chi connectivity index (χ3v) is 3.44. The summed E-state index contributed by atoms with van der Waals surface area (Å²) in [5, 5.41) is 11.7. The lowest BCUT2D eigenvalue weighted by atomic mass is 10.1. The van der Waals surface area contributed by atoms with E-state index in [1.54, 1.807) is 30.8 Å². The van der Waals surface area contributed by atoms with E-state index in [2.05, 4.69) is 5.32 Å². The number of hydrogen-bond donors (Lipinski definition) is 3. The summed E-state index contributed by atoms with van der Waals surface area (Å²) in [7, 11) is 0. The van der Waals surface area contributed by atoms with Crippen LogP contribution < -0.4 is 11.1 Å². The Bertz CT molecular complexity index is 477. The van der Waals surface area contributed by atoms with E-state index in [0.29, 0.717) is 17.7 Å². The number of thioether (sulfide) groups is 1. The Labute approximate surface area is 116 Å². The molecule has 0 aromatic heterocycles. The van der Waals surface area contributed by atoms with Gasteiger partial charge in [-0.1, -0.05) is 6.07 Å². The van der Waals surface area contributed by atoms with Gasteiger partial charge in [-0.2, -0.15) is 11.8 Å². The molecular formula is C13H18N2O3S. The third-order valence-electron chi connectivity index (χ3n) is 2.79. The minimum atomic E-state index is -1.01. The molecule has 0 unspecified atom stereocenters. The average molecular weight is 282 g/mol. The van der Waals surface area contributed by atoms with Gasteiger partial charge in [-0.05, 0) is 43.0 Å². The standard InChI is InChI=1S/C13H18N2O3S/c1-8-9(13(17)18)4-3-5-11(8)15-12(16)10(14)6-7-19-2/h3-5,10H,6-7,14H2,1-2H3,(H,15,16)(H,17,18)/t10-/m0/s1. The van der Waals surface area contributed by atoms with Crippen molar-refractivity contribution in [2.75, 3.05) is 17.3 Å². The first kappa shape index (κ1) is 15.5. The van der Waals surface area contributed by atoms with Crippen LogP contribution in [0, 0.1) is 6.92 Å². The van der Waals surface area contributed by atoms with E-state index >= 15 is 0 Å². The summed E-state index contributed by atoms with van der Waals surface area (Å²) in [5.74, 6) is -0.497. The molecule has 0 heterocycles. The Morgan fingerprint density at radius 1 is 1.47 bits per heavy atom. The number of benzene rings is 1. The summed E-state index contributed by atoms with van der Waals surface area (Å²) in [6.45, 7) is 1.66. The van der Waals surface area contributed by atoms with Crippen LogP contribution in [0.15, 0.2) is 18.2 Å². The summed E-state index contributed by atoms with van der Waals surface area (Å²) in [4.78, 5) is 22.9. The number of hydrogen-bond acceptors (Lipinski definition) is 4. The topological polar surface area (TPSA) is 92.4 Å². The first-order valence-corrected chi connectivity index (χ1v) is 7.25. The number of aromatic carboxylic acids is 1.